The Kier molecular flexibility index (Phi) is 7.79. The third-order valence-electron chi connectivity index (χ3n) is 3.98. The third-order valence-corrected chi connectivity index (χ3v) is 4.43. The van der Waals surface area contributed by atoms with Crippen molar-refractivity contribution in [1.29, 1.82) is 0 Å². The molecule has 1 unspecified atom stereocenters. The van der Waals surface area contributed by atoms with Crippen molar-refractivity contribution in [1.82, 2.24) is 10.5 Å². The van der Waals surface area contributed by atoms with Gasteiger partial charge in [-0.25, -0.2) is 4.90 Å². The van der Waals surface area contributed by atoms with Crippen LogP contribution in [0.5, 0.6) is 5.75 Å². The lowest BCUT2D eigenvalue weighted by molar-refractivity contribution is -0.259. The second-order valence-electron chi connectivity index (χ2n) is 5.71. The molecule has 0 spiro atoms. The fourth-order valence-corrected chi connectivity index (χ4v) is 3.08. The molecule has 1 N–H and O–H groups in total. The standard InChI is InChI=1S/C17H21IN2O7/c18-5-7-23-8-9-24-10-11-25-13-3-1-2-12-15(13)17(22)20(16(12)21)14-4-6-26-19-27-14/h1-3,14,19H,4-11H2. The van der Waals surface area contributed by atoms with Gasteiger partial charge in [0.2, 0.25) is 0 Å². The molecule has 1 atom stereocenters. The fraction of sp³-hybridized carbons (Fsp3) is 0.529. The number of amides is 2. The van der Waals surface area contributed by atoms with Gasteiger partial charge in [0.1, 0.15) is 12.4 Å². The van der Waals surface area contributed by atoms with Crippen LogP contribution in [0.4, 0.5) is 0 Å². The predicted molar refractivity (Wildman–Crippen MR) is 102 cm³/mol. The van der Waals surface area contributed by atoms with Crippen molar-refractivity contribution >= 4 is 34.4 Å². The third kappa shape index (κ3) is 4.95. The highest BCUT2D eigenvalue weighted by molar-refractivity contribution is 14.1. The second-order valence-corrected chi connectivity index (χ2v) is 6.79. The summed E-state index contributed by atoms with van der Waals surface area (Å²) in [4.78, 5) is 36.5. The molecule has 148 valence electrons. The highest BCUT2D eigenvalue weighted by Gasteiger charge is 2.43. The van der Waals surface area contributed by atoms with Crippen LogP contribution in [0, 0.1) is 0 Å². The van der Waals surface area contributed by atoms with Crippen LogP contribution in [0.1, 0.15) is 27.1 Å². The van der Waals surface area contributed by atoms with E-state index in [1.165, 1.54) is 0 Å². The van der Waals surface area contributed by atoms with E-state index < -0.39 is 18.0 Å². The number of nitrogens with zero attached hydrogens (tertiary/aromatic N) is 1. The molecule has 1 aromatic carbocycles. The van der Waals surface area contributed by atoms with E-state index in [-0.39, 0.29) is 12.2 Å². The van der Waals surface area contributed by atoms with Gasteiger partial charge in [-0.3, -0.25) is 19.3 Å². The summed E-state index contributed by atoms with van der Waals surface area (Å²) in [5, 5.41) is 0. The molecule has 2 heterocycles. The summed E-state index contributed by atoms with van der Waals surface area (Å²) < 4.78 is 17.4. The SMILES string of the molecule is O=C1c2cccc(OCCOCCOCCI)c2C(=O)N1C1CCONO1. The van der Waals surface area contributed by atoms with Crippen LogP contribution < -0.4 is 10.4 Å². The van der Waals surface area contributed by atoms with Crippen molar-refractivity contribution in [2.24, 2.45) is 0 Å². The molecule has 1 saturated heterocycles. The van der Waals surface area contributed by atoms with E-state index in [0.29, 0.717) is 50.8 Å². The van der Waals surface area contributed by atoms with Gasteiger partial charge in [-0.15, -0.1) is 0 Å². The molecular formula is C17H21IN2O7. The summed E-state index contributed by atoms with van der Waals surface area (Å²) in [5.74, 6) is -0.483. The topological polar surface area (TPSA) is 95.6 Å². The maximum Gasteiger partial charge on any atom is 0.267 e. The second kappa shape index (κ2) is 10.3. The monoisotopic (exact) mass is 492 g/mol. The molecule has 1 aromatic rings. The Morgan fingerprint density at radius 3 is 2.63 bits per heavy atom. The predicted octanol–water partition coefficient (Wildman–Crippen LogP) is 1.31. The molecule has 0 bridgehead atoms. The molecule has 2 aliphatic rings. The number of halogens is 1. The van der Waals surface area contributed by atoms with Crippen molar-refractivity contribution in [2.75, 3.05) is 44.1 Å². The van der Waals surface area contributed by atoms with Crippen LogP contribution in [-0.2, 0) is 19.1 Å². The minimum absolute atomic E-state index is 0.253. The molecule has 9 nitrogen and oxygen atoms in total. The Morgan fingerprint density at radius 1 is 1.11 bits per heavy atom. The lowest BCUT2D eigenvalue weighted by Gasteiger charge is -2.28. The van der Waals surface area contributed by atoms with Crippen LogP contribution in [-0.4, -0.2) is 67.0 Å². The van der Waals surface area contributed by atoms with E-state index in [1.807, 2.05) is 0 Å². The van der Waals surface area contributed by atoms with Crippen LogP contribution in [0.15, 0.2) is 18.2 Å². The average molecular weight is 492 g/mol. The minimum Gasteiger partial charge on any atom is -0.490 e. The number of carbonyl (C=O) groups is 2. The zero-order chi connectivity index (χ0) is 19.1. The first kappa shape index (κ1) is 20.4. The molecular weight excluding hydrogens is 471 g/mol. The normalized spacial score (nSPS) is 19.4. The summed E-state index contributed by atoms with van der Waals surface area (Å²) in [6.45, 7) is 2.67. The fourth-order valence-electron chi connectivity index (χ4n) is 2.77. The summed E-state index contributed by atoms with van der Waals surface area (Å²) in [5.41, 5.74) is 2.82. The molecule has 27 heavy (non-hydrogen) atoms. The zero-order valence-corrected chi connectivity index (χ0v) is 16.8. The number of nitrogens with one attached hydrogen (secondary N) is 1. The highest BCUT2D eigenvalue weighted by atomic mass is 127. The van der Waals surface area contributed by atoms with E-state index in [9.17, 15) is 9.59 Å². The number of fused-ring (bicyclic) bond motifs is 1. The molecule has 3 rings (SSSR count). The van der Waals surface area contributed by atoms with Gasteiger partial charge in [-0.1, -0.05) is 34.3 Å². The number of ether oxygens (including phenoxy) is 3. The maximum absolute atomic E-state index is 12.8. The molecule has 2 amide bonds. The van der Waals surface area contributed by atoms with Crippen molar-refractivity contribution < 1.29 is 33.5 Å². The smallest absolute Gasteiger partial charge is 0.267 e. The first-order valence-corrected chi connectivity index (χ1v) is 10.1. The Hall–Kier alpha value is -1.31. The number of rotatable bonds is 10. The van der Waals surface area contributed by atoms with Crippen LogP contribution in [0.3, 0.4) is 0 Å². The molecule has 2 aliphatic heterocycles. The van der Waals surface area contributed by atoms with Gasteiger partial charge in [0.15, 0.2) is 6.23 Å². The Bertz CT molecular complexity index is 667. The van der Waals surface area contributed by atoms with Crippen molar-refractivity contribution in [3.05, 3.63) is 29.3 Å². The van der Waals surface area contributed by atoms with Crippen LogP contribution in [0.2, 0.25) is 0 Å². The van der Waals surface area contributed by atoms with Gasteiger partial charge in [0.25, 0.3) is 11.8 Å². The van der Waals surface area contributed by atoms with Crippen molar-refractivity contribution in [3.8, 4) is 5.75 Å². The Labute approximate surface area is 170 Å². The molecule has 0 saturated carbocycles. The number of hydrogen-bond acceptors (Lipinski definition) is 8. The Balaban J connectivity index is 1.56. The van der Waals surface area contributed by atoms with Gasteiger partial charge >= 0.3 is 0 Å². The number of alkyl halides is 1. The van der Waals surface area contributed by atoms with Gasteiger partial charge in [0.05, 0.1) is 44.2 Å². The van der Waals surface area contributed by atoms with Crippen molar-refractivity contribution in [2.45, 2.75) is 12.6 Å². The number of hydrogen-bond donors (Lipinski definition) is 1. The quantitative estimate of drug-likeness (QED) is 0.226. The van der Waals surface area contributed by atoms with Gasteiger partial charge in [-0.05, 0) is 12.1 Å². The van der Waals surface area contributed by atoms with Gasteiger partial charge < -0.3 is 14.2 Å². The Morgan fingerprint density at radius 2 is 1.89 bits per heavy atom. The first-order valence-electron chi connectivity index (χ1n) is 8.61. The van der Waals surface area contributed by atoms with Crippen LogP contribution in [0.25, 0.3) is 0 Å². The summed E-state index contributed by atoms with van der Waals surface area (Å²) in [6, 6.07) is 4.96. The van der Waals surface area contributed by atoms with E-state index in [0.717, 1.165) is 9.33 Å². The largest absolute Gasteiger partial charge is 0.490 e. The molecule has 0 aliphatic carbocycles. The molecule has 10 heteroatoms. The molecule has 1 fully saturated rings. The minimum atomic E-state index is -0.718. The number of benzene rings is 1. The zero-order valence-electron chi connectivity index (χ0n) is 14.6. The maximum atomic E-state index is 12.8. The average Bonchev–Trinajstić information content (AvgIpc) is 2.96. The van der Waals surface area contributed by atoms with E-state index >= 15 is 0 Å². The summed E-state index contributed by atoms with van der Waals surface area (Å²) >= 11 is 2.24. The summed E-state index contributed by atoms with van der Waals surface area (Å²) in [6.07, 6.45) is -0.327. The number of imide groups is 1. The van der Waals surface area contributed by atoms with E-state index in [1.54, 1.807) is 18.2 Å². The first-order chi connectivity index (χ1) is 13.2. The van der Waals surface area contributed by atoms with Gasteiger partial charge in [0, 0.05) is 10.8 Å². The van der Waals surface area contributed by atoms with E-state index in [2.05, 4.69) is 28.2 Å². The molecule has 0 aromatic heterocycles. The molecule has 0 radical (unpaired) electrons. The number of carbonyl (C=O) groups excluding carboxylic acids is 2. The lowest BCUT2D eigenvalue weighted by Crippen LogP contribution is -2.47. The highest BCUT2D eigenvalue weighted by Crippen LogP contribution is 2.33. The lowest BCUT2D eigenvalue weighted by atomic mass is 10.1. The van der Waals surface area contributed by atoms with Gasteiger partial charge in [-0.2, -0.15) is 0 Å². The van der Waals surface area contributed by atoms with Crippen LogP contribution >= 0.6 is 22.6 Å². The summed E-state index contributed by atoms with van der Waals surface area (Å²) in [7, 11) is 0. The van der Waals surface area contributed by atoms with Crippen molar-refractivity contribution in [3.63, 3.8) is 0 Å². The van der Waals surface area contributed by atoms with E-state index in [4.69, 9.17) is 23.9 Å².